The summed E-state index contributed by atoms with van der Waals surface area (Å²) in [6, 6.07) is 0. The van der Waals surface area contributed by atoms with Gasteiger partial charge >= 0.3 is 61.9 Å². The normalized spacial score (nSPS) is 12.9. The molecule has 1 atom stereocenters. The van der Waals surface area contributed by atoms with Crippen LogP contribution in [0.25, 0.3) is 0 Å². The van der Waals surface area contributed by atoms with Crippen LogP contribution < -0.4 is 34.5 Å². The molecule has 482 valence electrons. The molecule has 0 aromatic rings. The van der Waals surface area contributed by atoms with E-state index in [1.807, 2.05) is 0 Å². The fourth-order valence-electron chi connectivity index (χ4n) is 6.98. The van der Waals surface area contributed by atoms with Crippen LogP contribution in [0.3, 0.4) is 0 Å². The van der Waals surface area contributed by atoms with Gasteiger partial charge in [-0.25, -0.2) is 4.57 Å². The Morgan fingerprint density at radius 2 is 0.500 bits per heavy atom. The van der Waals surface area contributed by atoms with Gasteiger partial charge in [0, 0.05) is 0 Å². The van der Waals surface area contributed by atoms with Crippen LogP contribution in [-0.4, -0.2) is 60.4 Å². The third kappa shape index (κ3) is 77.9. The largest absolute Gasteiger partial charge is 4.00 e. The van der Waals surface area contributed by atoms with E-state index in [9.17, 15) is 48.2 Å². The van der Waals surface area contributed by atoms with Crippen LogP contribution in [-0.2, 0) is 75.5 Å². The minimum absolute atomic E-state index is 0. The van der Waals surface area contributed by atoms with Crippen molar-refractivity contribution < 1.29 is 125 Å². The fraction of sp³-hybridized carbons (Fsp3) is 1.00. The average molecular weight is 1310 g/mol. The molecule has 0 heterocycles. The second-order valence-corrected chi connectivity index (χ2v) is 28.7. The summed E-state index contributed by atoms with van der Waals surface area (Å²) in [5.41, 5.74) is 0. The van der Waals surface area contributed by atoms with E-state index in [0.717, 1.165) is 154 Å². The van der Waals surface area contributed by atoms with Gasteiger partial charge in [-0.05, 0) is 38.5 Å². The molecular formula is C51H112O22P6Ti. The van der Waals surface area contributed by atoms with Crippen molar-refractivity contribution >= 4 is 48.0 Å². The molecule has 0 saturated carbocycles. The summed E-state index contributed by atoms with van der Waals surface area (Å²) in [5, 5.41) is 9.53. The first kappa shape index (κ1) is 90.7. The first-order chi connectivity index (χ1) is 37.2. The zero-order chi connectivity index (χ0) is 60.6. The fourth-order valence-corrected chi connectivity index (χ4v) is 13.5. The third-order valence-corrected chi connectivity index (χ3v) is 19.0. The van der Waals surface area contributed by atoms with E-state index in [-0.39, 0.29) is 61.4 Å². The van der Waals surface area contributed by atoms with Gasteiger partial charge < -0.3 is 53.7 Å². The Morgan fingerprint density at radius 1 is 0.338 bits per heavy atom. The standard InChI is InChI=1S/3C16H36O7P2.C3H7O.Ti/c3*1-3-5-7-9-11-13-15-21-25(20,23-24(17,18)19)22-16-14-12-10-8-6-4-2;1-3(2)4;/h3*3-16H2,1-2H3,(H2,17,18,19);3H,1-2H3;/q;;;-1;+4/p-3. The molecule has 0 bridgehead atoms. The molecule has 0 spiro atoms. The van der Waals surface area contributed by atoms with Crippen LogP contribution >= 0.6 is 48.0 Å². The van der Waals surface area contributed by atoms with Crippen molar-refractivity contribution in [2.75, 3.05) is 39.6 Å². The number of rotatable bonds is 54. The Bertz CT molecular complexity index is 1210. The number of phosphoric acid groups is 6. The van der Waals surface area contributed by atoms with Gasteiger partial charge in [0.15, 0.2) is 0 Å². The van der Waals surface area contributed by atoms with Gasteiger partial charge in [0.2, 0.25) is 0 Å². The summed E-state index contributed by atoms with van der Waals surface area (Å²) < 4.78 is 75.4. The van der Waals surface area contributed by atoms with Gasteiger partial charge in [-0.1, -0.05) is 252 Å². The predicted octanol–water partition coefficient (Wildman–Crippen LogP) is 12.5. The average Bonchev–Trinajstić information content (AvgIpc) is 3.33. The molecule has 0 amide bonds. The first-order valence-corrected chi connectivity index (χ1v) is 38.7. The van der Waals surface area contributed by atoms with Crippen molar-refractivity contribution in [1.82, 2.24) is 0 Å². The van der Waals surface area contributed by atoms with Gasteiger partial charge in [-0.15, -0.1) is 10.4 Å². The first-order valence-electron chi connectivity index (χ1n) is 29.8. The molecule has 1 unspecified atom stereocenters. The summed E-state index contributed by atoms with van der Waals surface area (Å²) in [7, 11) is -28.4. The molecule has 0 aliphatic rings. The molecule has 0 aliphatic carbocycles. The molecule has 3 N–H and O–H groups in total. The minimum atomic E-state index is -5.44. The molecule has 0 radical (unpaired) electrons. The van der Waals surface area contributed by atoms with Gasteiger partial charge in [-0.3, -0.25) is 4.57 Å². The third-order valence-electron chi connectivity index (χ3n) is 11.1. The topological polar surface area (TPSA) is 356 Å². The Hall–Kier alpha value is 1.93. The van der Waals surface area contributed by atoms with Crippen LogP contribution in [0.15, 0.2) is 0 Å². The maximum absolute atomic E-state index is 12.3. The van der Waals surface area contributed by atoms with E-state index in [2.05, 4.69) is 54.5 Å². The van der Waals surface area contributed by atoms with Gasteiger partial charge in [-0.2, -0.15) is 31.5 Å². The quantitative estimate of drug-likeness (QED) is 0.0289. The second-order valence-electron chi connectivity index (χ2n) is 19.6. The van der Waals surface area contributed by atoms with E-state index >= 15 is 0 Å². The molecular weight excluding hydrogens is 1200 g/mol. The number of hydrogen-bond acceptors (Lipinski definition) is 19. The van der Waals surface area contributed by atoms with E-state index < -0.39 is 54.1 Å². The van der Waals surface area contributed by atoms with Crippen LogP contribution in [0.2, 0.25) is 0 Å². The zero-order valence-electron chi connectivity index (χ0n) is 50.6. The van der Waals surface area contributed by atoms with Crippen molar-refractivity contribution in [2.24, 2.45) is 0 Å². The Morgan fingerprint density at radius 3 is 0.662 bits per heavy atom. The molecule has 0 aromatic heterocycles. The van der Waals surface area contributed by atoms with Crippen molar-refractivity contribution in [3.8, 4) is 0 Å². The Kier molecular flexibility index (Phi) is 69.3. The van der Waals surface area contributed by atoms with Crippen LogP contribution in [0.1, 0.15) is 287 Å². The second kappa shape index (κ2) is 61.2. The monoisotopic (exact) mass is 1310 g/mol. The number of phosphoric ester groups is 3. The summed E-state index contributed by atoms with van der Waals surface area (Å²) in [5.74, 6) is 0. The molecule has 0 rings (SSSR count). The maximum atomic E-state index is 12.3. The summed E-state index contributed by atoms with van der Waals surface area (Å²) in [6.07, 6.45) is 35.7. The van der Waals surface area contributed by atoms with Crippen molar-refractivity contribution in [1.29, 1.82) is 0 Å². The zero-order valence-corrected chi connectivity index (χ0v) is 57.5. The van der Waals surface area contributed by atoms with Gasteiger partial charge in [0.25, 0.3) is 0 Å². The molecule has 0 aliphatic heterocycles. The minimum Gasteiger partial charge on any atom is -0.852 e. The van der Waals surface area contributed by atoms with Crippen molar-refractivity contribution in [3.63, 3.8) is 0 Å². The molecule has 22 nitrogen and oxygen atoms in total. The molecule has 29 heteroatoms. The van der Waals surface area contributed by atoms with Crippen LogP contribution in [0.4, 0.5) is 0 Å². The Balaban J connectivity index is -0.000000337. The molecule has 0 aromatic carbocycles. The van der Waals surface area contributed by atoms with E-state index in [4.69, 9.17) is 41.8 Å². The van der Waals surface area contributed by atoms with Crippen molar-refractivity contribution in [2.45, 2.75) is 293 Å². The molecule has 80 heavy (non-hydrogen) atoms. The predicted molar refractivity (Wildman–Crippen MR) is 305 cm³/mol. The Labute approximate surface area is 502 Å². The van der Waals surface area contributed by atoms with Crippen molar-refractivity contribution in [3.05, 3.63) is 0 Å². The summed E-state index contributed by atoms with van der Waals surface area (Å²) >= 11 is 0. The van der Waals surface area contributed by atoms with Crippen LogP contribution in [0, 0.1) is 0 Å². The molecule has 0 saturated heterocycles. The SMILES string of the molecule is CC(C)[O-].CCCCCCCCO[P+]([O-])(OCCCCCCCC)OP(=O)(O)O.CCCCCCCCO[P+]([O-])(OCCCCCCCC)OP(=O)([O-])O.CCCCCCCCO[P+]([O-])(OCCCCCCCC)OP(=O)([O-])[O-].[Ti+4]. The van der Waals surface area contributed by atoms with Gasteiger partial charge in [0.05, 0.1) is 39.6 Å². The number of hydrogen-bond donors (Lipinski definition) is 3. The summed E-state index contributed by atoms with van der Waals surface area (Å²) in [4.78, 5) is 96.0. The van der Waals surface area contributed by atoms with E-state index in [1.165, 1.54) is 38.5 Å². The smallest absolute Gasteiger partial charge is 0.852 e. The maximum Gasteiger partial charge on any atom is 4.00 e. The van der Waals surface area contributed by atoms with Gasteiger partial charge in [0.1, 0.15) is 7.82 Å². The summed E-state index contributed by atoms with van der Waals surface area (Å²) in [6.45, 7) is 16.4. The number of unbranched alkanes of at least 4 members (excludes halogenated alkanes) is 30. The van der Waals surface area contributed by atoms with E-state index in [1.54, 1.807) is 13.8 Å². The molecule has 0 fully saturated rings. The van der Waals surface area contributed by atoms with E-state index in [0.29, 0.717) is 38.5 Å². The van der Waals surface area contributed by atoms with Crippen LogP contribution in [0.5, 0.6) is 0 Å².